The molecule has 0 aromatic carbocycles. The minimum atomic E-state index is -4.51. The Labute approximate surface area is 185 Å². The Morgan fingerprint density at radius 3 is 2.42 bits per heavy atom. The molecule has 0 amide bonds. The van der Waals surface area contributed by atoms with E-state index in [4.69, 9.17) is 0 Å². The maximum atomic E-state index is 12.8. The van der Waals surface area contributed by atoms with Crippen LogP contribution in [0.15, 0.2) is 11.6 Å². The van der Waals surface area contributed by atoms with E-state index in [1.165, 1.54) is 18.4 Å². The van der Waals surface area contributed by atoms with Gasteiger partial charge in [-0.25, -0.2) is 0 Å². The molecule has 0 aromatic rings. The van der Waals surface area contributed by atoms with Gasteiger partial charge < -0.3 is 10.2 Å². The van der Waals surface area contributed by atoms with E-state index < -0.39 is 17.9 Å². The Hall–Kier alpha value is -0.550. The molecule has 4 aliphatic rings. The summed E-state index contributed by atoms with van der Waals surface area (Å²) < 4.78 is 38.3. The van der Waals surface area contributed by atoms with Gasteiger partial charge in [0.05, 0.1) is 5.60 Å². The molecule has 5 heteroatoms. The van der Waals surface area contributed by atoms with Crippen LogP contribution in [0, 0.1) is 40.4 Å². The Kier molecular flexibility index (Phi) is 5.90. The lowest BCUT2D eigenvalue weighted by molar-refractivity contribution is -0.206. The maximum absolute atomic E-state index is 12.8. The highest BCUT2D eigenvalue weighted by Gasteiger charge is 2.59. The summed E-state index contributed by atoms with van der Waals surface area (Å²) >= 11 is 0. The van der Waals surface area contributed by atoms with E-state index in [2.05, 4.69) is 26.8 Å². The van der Waals surface area contributed by atoms with E-state index in [0.29, 0.717) is 30.1 Å². The normalized spacial score (nSPS) is 47.1. The van der Waals surface area contributed by atoms with E-state index in [1.807, 2.05) is 6.92 Å². The van der Waals surface area contributed by atoms with Gasteiger partial charge in [-0.2, -0.15) is 13.2 Å². The van der Waals surface area contributed by atoms with Gasteiger partial charge in [0, 0.05) is 0 Å². The van der Waals surface area contributed by atoms with Gasteiger partial charge in [-0.15, -0.1) is 0 Å². The van der Waals surface area contributed by atoms with Crippen LogP contribution in [0.5, 0.6) is 0 Å². The average Bonchev–Trinajstić information content (AvgIpc) is 3.02. The lowest BCUT2D eigenvalue weighted by atomic mass is 9.46. The molecule has 0 radical (unpaired) electrons. The fourth-order valence-corrected chi connectivity index (χ4v) is 8.57. The zero-order valence-electron chi connectivity index (χ0n) is 19.6. The fraction of sp³-hybridized carbons (Fsp3) is 0.923. The lowest BCUT2D eigenvalue weighted by Crippen LogP contribution is -2.52. The van der Waals surface area contributed by atoms with Gasteiger partial charge in [0.2, 0.25) is 0 Å². The molecule has 4 aliphatic carbocycles. The van der Waals surface area contributed by atoms with Gasteiger partial charge in [0.25, 0.3) is 0 Å². The van der Waals surface area contributed by atoms with Crippen LogP contribution in [0.2, 0.25) is 0 Å². The number of allylic oxidation sites excluding steroid dienone is 1. The molecule has 0 saturated heterocycles. The first-order valence-corrected chi connectivity index (χ1v) is 12.4. The van der Waals surface area contributed by atoms with Crippen molar-refractivity contribution >= 4 is 0 Å². The zero-order valence-corrected chi connectivity index (χ0v) is 19.6. The van der Waals surface area contributed by atoms with Crippen LogP contribution in [-0.2, 0) is 0 Å². The van der Waals surface area contributed by atoms with Crippen LogP contribution in [0.3, 0.4) is 0 Å². The van der Waals surface area contributed by atoms with E-state index in [0.717, 1.165) is 38.5 Å². The first kappa shape index (κ1) is 23.6. The SMILES string of the molecule is C[C@H](CCC(O)C(F)(F)F)[C@H]1CC[C@H]2[C@@H]3CC=C4C[C@@](C)(O)CC[C@]4(C)[C@H]3CC[C@]12C. The third-order valence-corrected chi connectivity index (χ3v) is 10.4. The molecule has 3 saturated carbocycles. The topological polar surface area (TPSA) is 40.5 Å². The molecular weight excluding hydrogens is 401 g/mol. The molecule has 0 spiro atoms. The maximum Gasteiger partial charge on any atom is 0.414 e. The van der Waals surface area contributed by atoms with Gasteiger partial charge in [0.1, 0.15) is 6.10 Å². The predicted octanol–water partition coefficient (Wildman–Crippen LogP) is 6.66. The highest BCUT2D eigenvalue weighted by Crippen LogP contribution is 2.67. The van der Waals surface area contributed by atoms with Crippen molar-refractivity contribution in [2.45, 2.75) is 110 Å². The van der Waals surface area contributed by atoms with Crippen LogP contribution < -0.4 is 0 Å². The summed E-state index contributed by atoms with van der Waals surface area (Å²) in [6, 6.07) is 0. The summed E-state index contributed by atoms with van der Waals surface area (Å²) in [4.78, 5) is 0. The quantitative estimate of drug-likeness (QED) is 0.478. The predicted molar refractivity (Wildman–Crippen MR) is 116 cm³/mol. The molecule has 0 aromatic heterocycles. The number of aliphatic hydroxyl groups is 2. The van der Waals surface area contributed by atoms with Gasteiger partial charge in [0.15, 0.2) is 0 Å². The van der Waals surface area contributed by atoms with E-state index in [-0.39, 0.29) is 23.2 Å². The summed E-state index contributed by atoms with van der Waals surface area (Å²) in [5, 5.41) is 20.1. The smallest absolute Gasteiger partial charge is 0.390 e. The van der Waals surface area contributed by atoms with Crippen LogP contribution in [-0.4, -0.2) is 28.1 Å². The van der Waals surface area contributed by atoms with E-state index in [1.54, 1.807) is 0 Å². The minimum absolute atomic E-state index is 0.182. The molecule has 1 unspecified atom stereocenters. The van der Waals surface area contributed by atoms with Crippen molar-refractivity contribution in [1.29, 1.82) is 0 Å². The van der Waals surface area contributed by atoms with Crippen molar-refractivity contribution < 1.29 is 23.4 Å². The van der Waals surface area contributed by atoms with Gasteiger partial charge in [-0.3, -0.25) is 0 Å². The molecule has 0 bridgehead atoms. The van der Waals surface area contributed by atoms with Gasteiger partial charge in [-0.05, 0) is 112 Å². The molecule has 178 valence electrons. The third-order valence-electron chi connectivity index (χ3n) is 10.4. The first-order valence-electron chi connectivity index (χ1n) is 12.4. The highest BCUT2D eigenvalue weighted by molar-refractivity contribution is 5.26. The molecule has 0 heterocycles. The fourth-order valence-electron chi connectivity index (χ4n) is 8.57. The highest BCUT2D eigenvalue weighted by atomic mass is 19.4. The van der Waals surface area contributed by atoms with Crippen LogP contribution in [0.25, 0.3) is 0 Å². The zero-order chi connectivity index (χ0) is 22.8. The number of alkyl halides is 3. The number of halogens is 3. The van der Waals surface area contributed by atoms with Crippen molar-refractivity contribution in [2.75, 3.05) is 0 Å². The van der Waals surface area contributed by atoms with Gasteiger partial charge in [-0.1, -0.05) is 32.4 Å². The third kappa shape index (κ3) is 4.00. The van der Waals surface area contributed by atoms with Crippen molar-refractivity contribution in [3.8, 4) is 0 Å². The second kappa shape index (κ2) is 7.75. The molecule has 4 rings (SSSR count). The monoisotopic (exact) mass is 442 g/mol. The number of hydrogen-bond donors (Lipinski definition) is 2. The molecule has 0 aliphatic heterocycles. The van der Waals surface area contributed by atoms with Gasteiger partial charge >= 0.3 is 6.18 Å². The number of rotatable bonds is 4. The van der Waals surface area contributed by atoms with Crippen molar-refractivity contribution in [3.63, 3.8) is 0 Å². The van der Waals surface area contributed by atoms with E-state index in [9.17, 15) is 23.4 Å². The molecule has 3 fully saturated rings. The molecule has 2 nitrogen and oxygen atoms in total. The molecule has 9 atom stereocenters. The lowest BCUT2D eigenvalue weighted by Gasteiger charge is -2.59. The average molecular weight is 443 g/mol. The van der Waals surface area contributed by atoms with Crippen LogP contribution >= 0.6 is 0 Å². The largest absolute Gasteiger partial charge is 0.414 e. The second-order valence-corrected chi connectivity index (χ2v) is 12.3. The standard InChI is InChI=1S/C26H41F3O2/c1-16(5-10-22(30)26(27,28)29)19-8-9-20-18-7-6-17-15-23(2,31)13-14-24(17,3)21(18)11-12-25(19,20)4/h6,16,18-22,30-31H,5,7-15H2,1-4H3/t16-,18+,19-,20+,21+,22?,23+,24+,25-/m1/s1. The van der Waals surface area contributed by atoms with Crippen molar-refractivity contribution in [3.05, 3.63) is 11.6 Å². The summed E-state index contributed by atoms with van der Waals surface area (Å²) in [6.07, 6.45) is 4.48. The number of fused-ring (bicyclic) bond motifs is 5. The Morgan fingerprint density at radius 1 is 1.03 bits per heavy atom. The van der Waals surface area contributed by atoms with E-state index >= 15 is 0 Å². The Morgan fingerprint density at radius 2 is 1.74 bits per heavy atom. The number of hydrogen-bond acceptors (Lipinski definition) is 2. The summed E-state index contributed by atoms with van der Waals surface area (Å²) in [5.41, 5.74) is 1.30. The molecular formula is C26H41F3O2. The number of aliphatic hydroxyl groups excluding tert-OH is 1. The summed E-state index contributed by atoms with van der Waals surface area (Å²) in [5.74, 6) is 2.63. The summed E-state index contributed by atoms with van der Waals surface area (Å²) in [7, 11) is 0. The second-order valence-electron chi connectivity index (χ2n) is 12.3. The first-order chi connectivity index (χ1) is 14.3. The van der Waals surface area contributed by atoms with Crippen LogP contribution in [0.4, 0.5) is 13.2 Å². The minimum Gasteiger partial charge on any atom is -0.390 e. The molecule has 31 heavy (non-hydrogen) atoms. The van der Waals surface area contributed by atoms with Crippen molar-refractivity contribution in [1.82, 2.24) is 0 Å². The Bertz CT molecular complexity index is 714. The Balaban J connectivity index is 1.48. The van der Waals surface area contributed by atoms with Crippen molar-refractivity contribution in [2.24, 2.45) is 40.4 Å². The summed E-state index contributed by atoms with van der Waals surface area (Å²) in [6.45, 7) is 8.92. The van der Waals surface area contributed by atoms with Crippen LogP contribution in [0.1, 0.15) is 91.9 Å². The molecule has 2 N–H and O–H groups in total.